The van der Waals surface area contributed by atoms with Crippen LogP contribution in [0.2, 0.25) is 0 Å². The van der Waals surface area contributed by atoms with Crippen LogP contribution in [0.5, 0.6) is 5.75 Å². The van der Waals surface area contributed by atoms with Crippen molar-refractivity contribution >= 4 is 26.9 Å². The highest BCUT2D eigenvalue weighted by Crippen LogP contribution is 2.26. The lowest BCUT2D eigenvalue weighted by Crippen LogP contribution is -2.36. The number of sulfonamides is 1. The lowest BCUT2D eigenvalue weighted by atomic mass is 10.1. The van der Waals surface area contributed by atoms with Gasteiger partial charge in [0.25, 0.3) is 10.0 Å². The molecule has 0 spiro atoms. The third-order valence-corrected chi connectivity index (χ3v) is 5.97. The first-order chi connectivity index (χ1) is 17.0. The van der Waals surface area contributed by atoms with Crippen molar-refractivity contribution in [3.8, 4) is 17.0 Å². The molecule has 0 aliphatic heterocycles. The number of aromatic nitrogens is 2. The van der Waals surface area contributed by atoms with E-state index in [4.69, 9.17) is 4.42 Å². The highest BCUT2D eigenvalue weighted by molar-refractivity contribution is 7.89. The molecule has 0 aliphatic rings. The summed E-state index contributed by atoms with van der Waals surface area (Å²) in [5, 5.41) is 2.27. The maximum atomic E-state index is 13.3. The van der Waals surface area contributed by atoms with Gasteiger partial charge in [0.2, 0.25) is 11.0 Å². The average molecular weight is 524 g/mol. The largest absolute Gasteiger partial charge is 0.573 e. The SMILES string of the molecule is O=C(CNS(=O)(=O)c1cc2cc(F)ccc2o1)NCc1cc(-c2ccc(OC(F)(F)F)cc2)ncn1. The minimum atomic E-state index is -4.80. The molecule has 4 rings (SSSR count). The third-order valence-electron chi connectivity index (χ3n) is 4.72. The number of amides is 1. The lowest BCUT2D eigenvalue weighted by Gasteiger charge is -2.10. The quantitative estimate of drug-likeness (QED) is 0.338. The van der Waals surface area contributed by atoms with Crippen LogP contribution in [0.3, 0.4) is 0 Å². The summed E-state index contributed by atoms with van der Waals surface area (Å²) in [5.41, 5.74) is 1.40. The molecule has 2 aromatic carbocycles. The Labute approximate surface area is 201 Å². The number of rotatable bonds is 8. The molecular weight excluding hydrogens is 508 g/mol. The van der Waals surface area contributed by atoms with Gasteiger partial charge in [-0.25, -0.2) is 22.8 Å². The molecule has 0 aliphatic carbocycles. The van der Waals surface area contributed by atoms with Crippen LogP contribution in [-0.2, 0) is 21.4 Å². The van der Waals surface area contributed by atoms with Crippen LogP contribution in [0.1, 0.15) is 5.69 Å². The molecule has 0 fully saturated rings. The predicted octanol–water partition coefficient (Wildman–Crippen LogP) is 3.52. The number of furan rings is 1. The number of ether oxygens (including phenoxy) is 1. The minimum Gasteiger partial charge on any atom is -0.443 e. The maximum Gasteiger partial charge on any atom is 0.573 e. The predicted molar refractivity (Wildman–Crippen MR) is 117 cm³/mol. The standard InChI is InChI=1S/C22H16F4N4O5S/c23-15-3-6-19-14(7-15)8-21(34-19)36(32,33)30-11-20(31)27-10-16-9-18(29-12-28-16)13-1-4-17(5-2-13)35-22(24,25)26/h1-9,12,30H,10-11H2,(H,27,31). The molecule has 0 atom stereocenters. The summed E-state index contributed by atoms with van der Waals surface area (Å²) in [6.45, 7) is -0.679. The topological polar surface area (TPSA) is 123 Å². The Kier molecular flexibility index (Phi) is 6.90. The van der Waals surface area contributed by atoms with Crippen LogP contribution in [0.15, 0.2) is 70.4 Å². The smallest absolute Gasteiger partial charge is 0.443 e. The van der Waals surface area contributed by atoms with Crippen molar-refractivity contribution in [2.45, 2.75) is 18.0 Å². The summed E-state index contributed by atoms with van der Waals surface area (Å²) in [6, 6.07) is 11.2. The lowest BCUT2D eigenvalue weighted by molar-refractivity contribution is -0.274. The van der Waals surface area contributed by atoms with E-state index in [-0.39, 0.29) is 23.3 Å². The van der Waals surface area contributed by atoms with Crippen LogP contribution in [-0.4, -0.2) is 37.2 Å². The average Bonchev–Trinajstić information content (AvgIpc) is 3.25. The normalized spacial score (nSPS) is 12.0. The van der Waals surface area contributed by atoms with E-state index in [1.165, 1.54) is 30.6 Å². The summed E-state index contributed by atoms with van der Waals surface area (Å²) in [7, 11) is -4.18. The zero-order valence-electron chi connectivity index (χ0n) is 18.0. The van der Waals surface area contributed by atoms with Crippen molar-refractivity contribution < 1.29 is 39.9 Å². The van der Waals surface area contributed by atoms with Gasteiger partial charge in [-0.1, -0.05) is 0 Å². The highest BCUT2D eigenvalue weighted by Gasteiger charge is 2.31. The Morgan fingerprint density at radius 3 is 2.50 bits per heavy atom. The number of hydrogen-bond acceptors (Lipinski definition) is 7. The molecule has 14 heteroatoms. The van der Waals surface area contributed by atoms with Gasteiger partial charge in [-0.2, -0.15) is 4.72 Å². The van der Waals surface area contributed by atoms with Gasteiger partial charge in [-0.05, 0) is 48.5 Å². The molecule has 1 amide bonds. The Morgan fingerprint density at radius 1 is 1.03 bits per heavy atom. The molecule has 0 unspecified atom stereocenters. The second-order valence-electron chi connectivity index (χ2n) is 7.32. The highest BCUT2D eigenvalue weighted by atomic mass is 32.2. The second kappa shape index (κ2) is 9.91. The molecule has 0 radical (unpaired) electrons. The number of hydrogen-bond donors (Lipinski definition) is 2. The van der Waals surface area contributed by atoms with Gasteiger partial charge in [-0.3, -0.25) is 4.79 Å². The molecular formula is C22H16F4N4O5S. The number of alkyl halides is 3. The number of carbonyl (C=O) groups excluding carboxylic acids is 1. The monoisotopic (exact) mass is 524 g/mol. The van der Waals surface area contributed by atoms with E-state index in [0.717, 1.165) is 30.3 Å². The fraction of sp³-hybridized carbons (Fsp3) is 0.136. The van der Waals surface area contributed by atoms with E-state index in [1.807, 2.05) is 0 Å². The van der Waals surface area contributed by atoms with Crippen molar-refractivity contribution in [1.82, 2.24) is 20.0 Å². The van der Waals surface area contributed by atoms with Gasteiger partial charge in [0.05, 0.1) is 24.5 Å². The van der Waals surface area contributed by atoms with Crippen molar-refractivity contribution in [1.29, 1.82) is 0 Å². The van der Waals surface area contributed by atoms with E-state index in [0.29, 0.717) is 17.0 Å². The number of fused-ring (bicyclic) bond motifs is 1. The van der Waals surface area contributed by atoms with Crippen LogP contribution in [0, 0.1) is 5.82 Å². The molecule has 2 aromatic heterocycles. The third kappa shape index (κ3) is 6.34. The summed E-state index contributed by atoms with van der Waals surface area (Å²) in [6.07, 6.45) is -3.59. The second-order valence-corrected chi connectivity index (χ2v) is 9.01. The van der Waals surface area contributed by atoms with Crippen LogP contribution in [0.25, 0.3) is 22.2 Å². The molecule has 9 nitrogen and oxygen atoms in total. The van der Waals surface area contributed by atoms with Gasteiger partial charge in [-0.15, -0.1) is 13.2 Å². The molecule has 4 aromatic rings. The van der Waals surface area contributed by atoms with E-state index >= 15 is 0 Å². The summed E-state index contributed by atoms with van der Waals surface area (Å²) in [5.74, 6) is -1.61. The zero-order valence-corrected chi connectivity index (χ0v) is 18.9. The van der Waals surface area contributed by atoms with Gasteiger partial charge in [0.15, 0.2) is 0 Å². The number of halogens is 4. The van der Waals surface area contributed by atoms with Crippen molar-refractivity contribution in [3.63, 3.8) is 0 Å². The van der Waals surface area contributed by atoms with Gasteiger partial charge >= 0.3 is 6.36 Å². The van der Waals surface area contributed by atoms with Crippen LogP contribution < -0.4 is 14.8 Å². The molecule has 188 valence electrons. The van der Waals surface area contributed by atoms with E-state index < -0.39 is 39.7 Å². The summed E-state index contributed by atoms with van der Waals surface area (Å²) < 4.78 is 86.1. The summed E-state index contributed by atoms with van der Waals surface area (Å²) in [4.78, 5) is 20.2. The Morgan fingerprint density at radius 2 is 1.78 bits per heavy atom. The fourth-order valence-electron chi connectivity index (χ4n) is 3.09. The Hall–Kier alpha value is -4.04. The number of carbonyl (C=O) groups is 1. The molecule has 2 heterocycles. The maximum absolute atomic E-state index is 13.3. The molecule has 0 saturated heterocycles. The van der Waals surface area contributed by atoms with Gasteiger partial charge < -0.3 is 14.5 Å². The first-order valence-electron chi connectivity index (χ1n) is 10.1. The van der Waals surface area contributed by atoms with E-state index in [2.05, 4.69) is 24.7 Å². The molecule has 2 N–H and O–H groups in total. The molecule has 36 heavy (non-hydrogen) atoms. The van der Waals surface area contributed by atoms with Gasteiger partial charge in [0.1, 0.15) is 23.5 Å². The molecule has 0 bridgehead atoms. The number of nitrogens with zero attached hydrogens (tertiary/aromatic N) is 2. The Bertz CT molecular complexity index is 1510. The van der Waals surface area contributed by atoms with Crippen molar-refractivity contribution in [3.05, 3.63) is 72.4 Å². The van der Waals surface area contributed by atoms with Crippen molar-refractivity contribution in [2.75, 3.05) is 6.54 Å². The van der Waals surface area contributed by atoms with E-state index in [1.54, 1.807) is 0 Å². The van der Waals surface area contributed by atoms with E-state index in [9.17, 15) is 30.8 Å². The first kappa shape index (κ1) is 25.1. The van der Waals surface area contributed by atoms with Crippen LogP contribution in [0.4, 0.5) is 17.6 Å². The van der Waals surface area contributed by atoms with Crippen LogP contribution >= 0.6 is 0 Å². The number of benzene rings is 2. The van der Waals surface area contributed by atoms with Gasteiger partial charge in [0, 0.05) is 17.0 Å². The van der Waals surface area contributed by atoms with Crippen molar-refractivity contribution in [2.24, 2.45) is 0 Å². The fourth-order valence-corrected chi connectivity index (χ4v) is 4.03. The zero-order chi connectivity index (χ0) is 25.9. The first-order valence-corrected chi connectivity index (χ1v) is 11.6. The Balaban J connectivity index is 1.33. The molecule has 0 saturated carbocycles. The number of nitrogens with one attached hydrogen (secondary N) is 2. The minimum absolute atomic E-state index is 0.0741. The summed E-state index contributed by atoms with van der Waals surface area (Å²) >= 11 is 0.